The predicted octanol–water partition coefficient (Wildman–Crippen LogP) is 4.96. The third-order valence-electron chi connectivity index (χ3n) is 7.49. The fraction of sp³-hybridized carbons (Fsp3) is 0.379. The minimum atomic E-state index is -0.355. The van der Waals surface area contributed by atoms with Crippen molar-refractivity contribution in [3.05, 3.63) is 77.0 Å². The van der Waals surface area contributed by atoms with E-state index in [1.165, 1.54) is 42.4 Å². The zero-order valence-electron chi connectivity index (χ0n) is 21.8. The van der Waals surface area contributed by atoms with Crippen molar-refractivity contribution in [2.24, 2.45) is 0 Å². The van der Waals surface area contributed by atoms with Crippen LogP contribution in [0.4, 0.5) is 22.3 Å². The van der Waals surface area contributed by atoms with E-state index in [0.29, 0.717) is 21.8 Å². The molecule has 0 saturated carbocycles. The Morgan fingerprint density at radius 1 is 1.08 bits per heavy atom. The quantitative estimate of drug-likeness (QED) is 0.466. The Balaban J connectivity index is 1.05. The van der Waals surface area contributed by atoms with Crippen molar-refractivity contribution < 1.29 is 19.0 Å². The van der Waals surface area contributed by atoms with Gasteiger partial charge < -0.3 is 30.2 Å². The lowest BCUT2D eigenvalue weighted by Gasteiger charge is -2.40. The maximum atomic E-state index is 13.2. The van der Waals surface area contributed by atoms with Gasteiger partial charge in [0.1, 0.15) is 23.2 Å². The van der Waals surface area contributed by atoms with Crippen molar-refractivity contribution in [3.63, 3.8) is 0 Å². The number of nitrogens with one attached hydrogen (secondary N) is 1. The largest absolute Gasteiger partial charge is 0.465 e. The molecule has 0 amide bonds. The van der Waals surface area contributed by atoms with Gasteiger partial charge in [0.2, 0.25) is 11.5 Å². The molecular weight excluding hydrogens is 514 g/mol. The van der Waals surface area contributed by atoms with Crippen LogP contribution in [0.3, 0.4) is 0 Å². The number of hydrogen-bond acceptors (Lipinski definition) is 10. The third-order valence-corrected chi connectivity index (χ3v) is 8.48. The Morgan fingerprint density at radius 3 is 2.62 bits per heavy atom. The number of aromatic nitrogens is 1. The SMILES string of the molecule is Nc1nc(Nc2ccc(N3CCC(N4CCOCC4)CC3)cc2)sc1C(=O)C1=COC=C(C2=CC=CCC2)O1. The van der Waals surface area contributed by atoms with E-state index in [1.54, 1.807) is 0 Å². The van der Waals surface area contributed by atoms with Gasteiger partial charge >= 0.3 is 0 Å². The summed E-state index contributed by atoms with van der Waals surface area (Å²) in [7, 11) is 0. The van der Waals surface area contributed by atoms with Gasteiger partial charge in [-0.15, -0.1) is 0 Å². The Labute approximate surface area is 232 Å². The van der Waals surface area contributed by atoms with Crippen LogP contribution in [0.1, 0.15) is 35.4 Å². The van der Waals surface area contributed by atoms with Gasteiger partial charge in [0, 0.05) is 43.6 Å². The fourth-order valence-electron chi connectivity index (χ4n) is 5.34. The number of morpholine rings is 1. The molecule has 6 rings (SSSR count). The molecule has 3 aliphatic heterocycles. The highest BCUT2D eigenvalue weighted by molar-refractivity contribution is 7.18. The van der Waals surface area contributed by atoms with Gasteiger partial charge in [-0.2, -0.15) is 0 Å². The highest BCUT2D eigenvalue weighted by Gasteiger charge is 2.27. The molecule has 2 fully saturated rings. The van der Waals surface area contributed by atoms with Crippen LogP contribution in [-0.2, 0) is 14.2 Å². The predicted molar refractivity (Wildman–Crippen MR) is 153 cm³/mol. The van der Waals surface area contributed by atoms with Crippen LogP contribution < -0.4 is 16.0 Å². The van der Waals surface area contributed by atoms with E-state index in [9.17, 15) is 4.79 Å². The molecule has 0 unspecified atom stereocenters. The zero-order valence-corrected chi connectivity index (χ0v) is 22.6. The molecule has 4 heterocycles. The van der Waals surface area contributed by atoms with E-state index in [2.05, 4.69) is 38.3 Å². The summed E-state index contributed by atoms with van der Waals surface area (Å²) in [5.41, 5.74) is 9.21. The number of nitrogen functional groups attached to an aromatic ring is 1. The topological polar surface area (TPSA) is 102 Å². The van der Waals surface area contributed by atoms with Crippen molar-refractivity contribution in [1.29, 1.82) is 0 Å². The maximum Gasteiger partial charge on any atom is 0.245 e. The molecule has 3 N–H and O–H groups in total. The van der Waals surface area contributed by atoms with Crippen molar-refractivity contribution in [2.75, 3.05) is 55.3 Å². The number of hydrogen-bond donors (Lipinski definition) is 2. The zero-order chi connectivity index (χ0) is 26.6. The average molecular weight is 548 g/mol. The first kappa shape index (κ1) is 25.7. The second-order valence-electron chi connectivity index (χ2n) is 9.96. The van der Waals surface area contributed by atoms with E-state index in [4.69, 9.17) is 19.9 Å². The molecule has 10 heteroatoms. The number of ether oxygens (including phenoxy) is 3. The van der Waals surface area contributed by atoms with Crippen molar-refractivity contribution >= 4 is 39.4 Å². The highest BCUT2D eigenvalue weighted by Crippen LogP contribution is 2.33. The molecule has 9 nitrogen and oxygen atoms in total. The van der Waals surface area contributed by atoms with Crippen LogP contribution in [0.15, 0.2) is 72.1 Å². The molecule has 0 radical (unpaired) electrons. The molecular formula is C29H33N5O4S. The second-order valence-corrected chi connectivity index (χ2v) is 11.0. The van der Waals surface area contributed by atoms with Crippen molar-refractivity contribution in [3.8, 4) is 0 Å². The molecule has 0 spiro atoms. The summed E-state index contributed by atoms with van der Waals surface area (Å²) in [5.74, 6) is 0.433. The molecule has 1 aromatic carbocycles. The summed E-state index contributed by atoms with van der Waals surface area (Å²) < 4.78 is 16.8. The number of piperidine rings is 1. The van der Waals surface area contributed by atoms with Gasteiger partial charge in [0.05, 0.1) is 13.2 Å². The van der Waals surface area contributed by atoms with E-state index in [0.717, 1.165) is 63.5 Å². The Bertz CT molecular complexity index is 1320. The summed E-state index contributed by atoms with van der Waals surface area (Å²) in [5, 5.41) is 3.83. The number of rotatable bonds is 7. The number of carbonyl (C=O) groups excluding carboxylic acids is 1. The van der Waals surface area contributed by atoms with Gasteiger partial charge in [-0.05, 0) is 55.5 Å². The number of Topliss-reactive ketones (excluding diaryl/α,β-unsaturated/α-hetero) is 1. The van der Waals surface area contributed by atoms with Gasteiger partial charge in [0.15, 0.2) is 10.9 Å². The van der Waals surface area contributed by atoms with E-state index in [1.807, 2.05) is 24.3 Å². The molecule has 2 aromatic rings. The fourth-order valence-corrected chi connectivity index (χ4v) is 6.19. The molecule has 204 valence electrons. The van der Waals surface area contributed by atoms with Crippen LogP contribution in [0.5, 0.6) is 0 Å². The monoisotopic (exact) mass is 547 g/mol. The third kappa shape index (κ3) is 5.88. The van der Waals surface area contributed by atoms with E-state index >= 15 is 0 Å². The maximum absolute atomic E-state index is 13.2. The Hall–Kier alpha value is -3.60. The molecule has 0 atom stereocenters. The van der Waals surface area contributed by atoms with Gasteiger partial charge in [-0.25, -0.2) is 4.98 Å². The number of ketones is 1. The molecule has 2 saturated heterocycles. The first-order valence-electron chi connectivity index (χ1n) is 13.5. The number of nitrogens with two attached hydrogens (primary N) is 1. The lowest BCUT2D eigenvalue weighted by molar-refractivity contribution is 0.0115. The second kappa shape index (κ2) is 11.6. The van der Waals surface area contributed by atoms with E-state index < -0.39 is 0 Å². The average Bonchev–Trinajstić information content (AvgIpc) is 3.37. The Kier molecular flexibility index (Phi) is 7.67. The lowest BCUT2D eigenvalue weighted by Crippen LogP contribution is -2.49. The summed E-state index contributed by atoms with van der Waals surface area (Å²) in [4.78, 5) is 22.9. The molecule has 1 aromatic heterocycles. The summed E-state index contributed by atoms with van der Waals surface area (Å²) in [6.07, 6.45) is 12.9. The first-order valence-corrected chi connectivity index (χ1v) is 14.3. The minimum Gasteiger partial charge on any atom is -0.465 e. The van der Waals surface area contributed by atoms with Crippen molar-refractivity contribution in [2.45, 2.75) is 31.7 Å². The molecule has 4 aliphatic rings. The van der Waals surface area contributed by atoms with Gasteiger partial charge in [0.25, 0.3) is 0 Å². The number of thiazole rings is 1. The summed E-state index contributed by atoms with van der Waals surface area (Å²) >= 11 is 1.20. The van der Waals surface area contributed by atoms with Crippen molar-refractivity contribution in [1.82, 2.24) is 9.88 Å². The number of nitrogens with zero attached hydrogens (tertiary/aromatic N) is 3. The molecule has 1 aliphatic carbocycles. The highest BCUT2D eigenvalue weighted by atomic mass is 32.1. The van der Waals surface area contributed by atoms with Gasteiger partial charge in [-0.1, -0.05) is 29.6 Å². The normalized spacial score (nSPS) is 20.4. The molecule has 0 bridgehead atoms. The van der Waals surface area contributed by atoms with Gasteiger partial charge in [-0.3, -0.25) is 9.69 Å². The van der Waals surface area contributed by atoms with Crippen LogP contribution in [0.25, 0.3) is 0 Å². The van der Waals surface area contributed by atoms with Crippen LogP contribution in [-0.4, -0.2) is 61.1 Å². The van der Waals surface area contributed by atoms with Crippen LogP contribution in [0.2, 0.25) is 0 Å². The summed E-state index contributed by atoms with van der Waals surface area (Å²) in [6, 6.07) is 8.98. The van der Waals surface area contributed by atoms with Crippen LogP contribution >= 0.6 is 11.3 Å². The lowest BCUT2D eigenvalue weighted by atomic mass is 10.0. The number of anilines is 4. The minimum absolute atomic E-state index is 0.0894. The standard InChI is InChI=1S/C29H33N5O4S/c30-28-27(26(35)25-19-37-18-24(38-25)20-4-2-1-3-5-20)39-29(32-28)31-21-6-8-22(9-7-21)33-12-10-23(11-13-33)34-14-16-36-17-15-34/h1-2,4,6-9,18-19,23H,3,5,10-17,30H2,(H,31,32). The number of carbonyl (C=O) groups is 1. The Morgan fingerprint density at radius 2 is 1.87 bits per heavy atom. The number of benzene rings is 1. The van der Waals surface area contributed by atoms with Crippen LogP contribution in [0, 0.1) is 0 Å². The number of allylic oxidation sites excluding steroid dienone is 5. The smallest absolute Gasteiger partial charge is 0.245 e. The van der Waals surface area contributed by atoms with E-state index in [-0.39, 0.29) is 17.4 Å². The summed E-state index contributed by atoms with van der Waals surface area (Å²) in [6.45, 7) is 5.90. The first-order chi connectivity index (χ1) is 19.1. The molecule has 39 heavy (non-hydrogen) atoms.